The Kier molecular flexibility index (Phi) is 14.1. The average molecular weight is 1090 g/mol. The Morgan fingerprint density at radius 3 is 2.43 bits per heavy atom. The summed E-state index contributed by atoms with van der Waals surface area (Å²) < 4.78 is 36.6. The van der Waals surface area contributed by atoms with E-state index in [2.05, 4.69) is 47.1 Å². The number of β-amino-alcohol motifs (C(OH)–C–C–N with tert-alkyl or cyclic N) is 1. The first kappa shape index (κ1) is 52.3. The lowest BCUT2D eigenvalue weighted by Gasteiger charge is -2.30. The molecule has 410 valence electrons. The van der Waals surface area contributed by atoms with Crippen molar-refractivity contribution < 1.29 is 33.3 Å². The van der Waals surface area contributed by atoms with Gasteiger partial charge in [-0.15, -0.1) is 16.4 Å². The zero-order chi connectivity index (χ0) is 54.8. The highest BCUT2D eigenvalue weighted by molar-refractivity contribution is 7.13. The van der Waals surface area contributed by atoms with Crippen LogP contribution >= 0.6 is 11.3 Å². The number of methoxy groups -OCH3 is 1. The number of hydrogen-bond acceptors (Lipinski definition) is 15. The molecule has 7 heterocycles. The van der Waals surface area contributed by atoms with Crippen LogP contribution in [0.3, 0.4) is 0 Å². The molecule has 2 amide bonds. The first-order valence-electron chi connectivity index (χ1n) is 27.3. The number of nitrogens with zero attached hydrogens (tertiary/aromatic N) is 9. The SMILES string of the molecule is CO[C@@H](C)COc1nc(N2C[C@H]3C[C@@H]2CN3)c2cc(C3CC3)c(-c3c(C)c(F)cc4[nH]ncc34)c(OCc3ccc(-c4cn([C@H](C(=O)N5C[C@H](O)C[C@H]5C(=O)N[C@@H](C)c5ccc(-c6scnc6C)cc5)C(C)C)nn4)cc3)c2n1. The maximum absolute atomic E-state index is 16.1. The van der Waals surface area contributed by atoms with Gasteiger partial charge in [-0.05, 0) is 98.7 Å². The summed E-state index contributed by atoms with van der Waals surface area (Å²) in [5, 5.41) is 35.6. The number of piperazine rings is 1. The van der Waals surface area contributed by atoms with Gasteiger partial charge in [0.05, 0.1) is 52.2 Å². The fraction of sp³-hybridized carbons (Fsp3) is 0.424. The monoisotopic (exact) mass is 1090 g/mol. The zero-order valence-corrected chi connectivity index (χ0v) is 46.2. The van der Waals surface area contributed by atoms with E-state index in [-0.39, 0.29) is 79.8 Å². The van der Waals surface area contributed by atoms with Crippen LogP contribution < -0.4 is 25.0 Å². The number of anilines is 1. The largest absolute Gasteiger partial charge is 0.486 e. The van der Waals surface area contributed by atoms with E-state index in [4.69, 9.17) is 24.2 Å². The molecule has 18 nitrogen and oxygen atoms in total. The van der Waals surface area contributed by atoms with Gasteiger partial charge in [0.15, 0.2) is 5.75 Å². The van der Waals surface area contributed by atoms with E-state index in [0.29, 0.717) is 39.6 Å². The Morgan fingerprint density at radius 2 is 1.73 bits per heavy atom. The average Bonchev–Trinajstić information content (AvgIpc) is 4.33. The Labute approximate surface area is 461 Å². The molecule has 1 aliphatic carbocycles. The molecule has 4 aromatic carbocycles. The highest BCUT2D eigenvalue weighted by atomic mass is 32.1. The van der Waals surface area contributed by atoms with E-state index in [9.17, 15) is 14.7 Å². The number of nitrogens with one attached hydrogen (secondary N) is 3. The van der Waals surface area contributed by atoms with Crippen molar-refractivity contribution in [1.82, 2.24) is 55.7 Å². The van der Waals surface area contributed by atoms with E-state index in [1.54, 1.807) is 42.4 Å². The number of ether oxygens (including phenoxy) is 3. The number of rotatable bonds is 18. The molecule has 4 aromatic heterocycles. The van der Waals surface area contributed by atoms with Crippen molar-refractivity contribution in [2.45, 2.75) is 122 Å². The summed E-state index contributed by atoms with van der Waals surface area (Å²) in [6.45, 7) is 13.5. The quantitative estimate of drug-likeness (QED) is 0.0633. The number of aliphatic hydroxyl groups is 1. The Bertz CT molecular complexity index is 3580. The summed E-state index contributed by atoms with van der Waals surface area (Å²) in [7, 11) is 1.64. The Balaban J connectivity index is 0.823. The summed E-state index contributed by atoms with van der Waals surface area (Å²) >= 11 is 1.58. The fourth-order valence-corrected chi connectivity index (χ4v) is 12.5. The van der Waals surface area contributed by atoms with Crippen LogP contribution in [-0.2, 0) is 20.9 Å². The molecule has 8 aromatic rings. The summed E-state index contributed by atoms with van der Waals surface area (Å²) in [5.41, 5.74) is 11.1. The van der Waals surface area contributed by atoms with Gasteiger partial charge >= 0.3 is 6.01 Å². The number of likely N-dealkylation sites (tertiary alicyclic amines) is 1. The van der Waals surface area contributed by atoms with E-state index in [1.807, 2.05) is 88.7 Å². The van der Waals surface area contributed by atoms with Crippen LogP contribution in [0.15, 0.2) is 78.6 Å². The van der Waals surface area contributed by atoms with E-state index in [0.717, 1.165) is 92.9 Å². The number of aromatic nitrogens is 8. The fourth-order valence-electron chi connectivity index (χ4n) is 11.7. The Morgan fingerprint density at radius 1 is 0.949 bits per heavy atom. The third-order valence-corrected chi connectivity index (χ3v) is 17.3. The number of H-pyrrole nitrogens is 1. The van der Waals surface area contributed by atoms with Crippen molar-refractivity contribution in [3.05, 3.63) is 112 Å². The molecule has 0 radical (unpaired) electrons. The number of aryl methyl sites for hydroxylation is 1. The zero-order valence-electron chi connectivity index (χ0n) is 45.4. The van der Waals surface area contributed by atoms with Gasteiger partial charge in [0.1, 0.15) is 48.1 Å². The van der Waals surface area contributed by atoms with Crippen LogP contribution in [0, 0.1) is 25.6 Å². The molecule has 4 aliphatic rings. The molecule has 0 unspecified atom stereocenters. The molecule has 12 rings (SSSR count). The second-order valence-corrected chi connectivity index (χ2v) is 23.0. The number of amides is 2. The molecule has 0 spiro atoms. The molecule has 4 N–H and O–H groups in total. The minimum absolute atomic E-state index is 0.0218. The smallest absolute Gasteiger partial charge is 0.319 e. The lowest BCUT2D eigenvalue weighted by atomic mass is 9.88. The number of benzene rings is 4. The molecule has 20 heteroatoms. The van der Waals surface area contributed by atoms with Crippen LogP contribution in [0.4, 0.5) is 10.2 Å². The van der Waals surface area contributed by atoms with Crippen molar-refractivity contribution in [3.8, 4) is 44.6 Å². The second kappa shape index (κ2) is 21.3. The van der Waals surface area contributed by atoms with Gasteiger partial charge in [0, 0.05) is 72.7 Å². The van der Waals surface area contributed by atoms with Crippen LogP contribution in [-0.4, -0.2) is 126 Å². The molecular formula is C59H65FN12O6S. The van der Waals surface area contributed by atoms with Crippen LogP contribution in [0.25, 0.3) is 54.6 Å². The van der Waals surface area contributed by atoms with Gasteiger partial charge in [-0.25, -0.2) is 14.1 Å². The minimum atomic E-state index is -0.870. The van der Waals surface area contributed by atoms with Gasteiger partial charge in [0.25, 0.3) is 0 Å². The summed E-state index contributed by atoms with van der Waals surface area (Å²) in [4.78, 5) is 48.1. The number of carbonyl (C=O) groups excluding carboxylic acids is 2. The van der Waals surface area contributed by atoms with E-state index in [1.165, 1.54) is 11.0 Å². The molecular weight excluding hydrogens is 1020 g/mol. The van der Waals surface area contributed by atoms with Gasteiger partial charge in [0.2, 0.25) is 11.8 Å². The first-order valence-corrected chi connectivity index (χ1v) is 28.2. The Hall–Kier alpha value is -7.39. The molecule has 2 bridgehead atoms. The van der Waals surface area contributed by atoms with Crippen LogP contribution in [0.1, 0.15) is 99.3 Å². The van der Waals surface area contributed by atoms with E-state index >= 15 is 4.39 Å². The second-order valence-electron chi connectivity index (χ2n) is 22.1. The number of carbonyl (C=O) groups is 2. The maximum atomic E-state index is 16.1. The molecule has 7 atom stereocenters. The standard InChI is InChI=1S/C59H65FN12O6S/c1-30(2)53(58(75)71-25-42(73)19-49(71)57(74)64-33(5)36-12-16-39(17-13-36)55-34(6)62-29-79-55)72-26-48(68-69-72)38-10-8-35(9-11-38)28-77-54-51(50-32(4)46(60)21-47-45(50)23-63-67-47)43(37-14-15-37)20-44-52(54)65-59(78-27-31(3)76-7)66-56(44)70-24-40-18-41(70)22-61-40/h8-13,16-17,20-21,23,26,29-31,33,37,40-42,49,53,61,73H,14-15,18-19,22,24-25,27-28H2,1-7H3,(H,63,67)(H,64,74)/t31-,33-,40+,41+,42+,49-,53-/m0/s1. The minimum Gasteiger partial charge on any atom is -0.486 e. The molecule has 1 saturated carbocycles. The van der Waals surface area contributed by atoms with Gasteiger partial charge in [-0.1, -0.05) is 67.6 Å². The highest BCUT2D eigenvalue weighted by Gasteiger charge is 2.44. The summed E-state index contributed by atoms with van der Waals surface area (Å²) in [5.74, 6) is 0.274. The third-order valence-electron chi connectivity index (χ3n) is 16.3. The number of halogens is 1. The normalized spacial score (nSPS) is 20.2. The van der Waals surface area contributed by atoms with Crippen molar-refractivity contribution in [2.24, 2.45) is 5.92 Å². The van der Waals surface area contributed by atoms with Crippen LogP contribution in [0.5, 0.6) is 11.8 Å². The van der Waals surface area contributed by atoms with Crippen molar-refractivity contribution >= 4 is 50.8 Å². The molecule has 79 heavy (non-hydrogen) atoms. The van der Waals surface area contributed by atoms with Gasteiger partial charge < -0.3 is 39.8 Å². The molecule has 3 aliphatic heterocycles. The van der Waals surface area contributed by atoms with Gasteiger partial charge in [-0.2, -0.15) is 15.1 Å². The third kappa shape index (κ3) is 10.1. The topological polar surface area (TPSA) is 211 Å². The van der Waals surface area contributed by atoms with Gasteiger partial charge in [-0.3, -0.25) is 14.7 Å². The lowest BCUT2D eigenvalue weighted by molar-refractivity contribution is -0.142. The molecule has 4 fully saturated rings. The summed E-state index contributed by atoms with van der Waals surface area (Å²) in [6, 6.07) is 18.3. The summed E-state index contributed by atoms with van der Waals surface area (Å²) in [6.07, 6.45) is 5.52. The number of aromatic amines is 1. The highest BCUT2D eigenvalue weighted by Crippen LogP contribution is 2.53. The lowest BCUT2D eigenvalue weighted by Crippen LogP contribution is -2.49. The number of hydrogen-bond donors (Lipinski definition) is 4. The molecule has 3 saturated heterocycles. The number of aliphatic hydroxyl groups excluding tert-OH is 1. The predicted molar refractivity (Wildman–Crippen MR) is 299 cm³/mol. The predicted octanol–water partition coefficient (Wildman–Crippen LogP) is 8.77. The van der Waals surface area contributed by atoms with Crippen molar-refractivity contribution in [3.63, 3.8) is 0 Å². The van der Waals surface area contributed by atoms with Crippen molar-refractivity contribution in [2.75, 3.05) is 38.3 Å². The van der Waals surface area contributed by atoms with Crippen molar-refractivity contribution in [1.29, 1.82) is 0 Å². The van der Waals surface area contributed by atoms with Crippen LogP contribution in [0.2, 0.25) is 0 Å². The number of thiazole rings is 1. The first-order chi connectivity index (χ1) is 38.2. The number of fused-ring (bicyclic) bond motifs is 4. The maximum Gasteiger partial charge on any atom is 0.319 e. The van der Waals surface area contributed by atoms with E-state index < -0.39 is 18.2 Å².